The zero-order chi connectivity index (χ0) is 14.1. The van der Waals surface area contributed by atoms with E-state index in [0.717, 1.165) is 31.5 Å². The normalized spacial score (nSPS) is 9.63. The lowest BCUT2D eigenvalue weighted by Crippen LogP contribution is -2.33. The number of pyridine rings is 1. The predicted octanol–water partition coefficient (Wildman–Crippen LogP) is 1.65. The topological polar surface area (TPSA) is 59.2 Å². The first-order valence-corrected chi connectivity index (χ1v) is 6.67. The Morgan fingerprint density at radius 2 is 2.00 bits per heavy atom. The van der Waals surface area contributed by atoms with Crippen molar-refractivity contribution in [1.29, 1.82) is 0 Å². The fourth-order valence-corrected chi connectivity index (χ4v) is 1.76. The van der Waals surface area contributed by atoms with E-state index in [1.807, 2.05) is 4.90 Å². The fourth-order valence-electron chi connectivity index (χ4n) is 1.76. The number of rotatable bonds is 5. The Kier molecular flexibility index (Phi) is 6.62. The average Bonchev–Trinajstić information content (AvgIpc) is 2.44. The first-order chi connectivity index (χ1) is 9.22. The summed E-state index contributed by atoms with van der Waals surface area (Å²) in [6.45, 7) is 5.98. The van der Waals surface area contributed by atoms with Gasteiger partial charge in [0.15, 0.2) is 0 Å². The van der Waals surface area contributed by atoms with Crippen LogP contribution in [0.5, 0.6) is 0 Å². The highest BCUT2D eigenvalue weighted by atomic mass is 16.2. The quantitative estimate of drug-likeness (QED) is 0.818. The van der Waals surface area contributed by atoms with Crippen LogP contribution in [0, 0.1) is 11.8 Å². The van der Waals surface area contributed by atoms with Gasteiger partial charge in [0, 0.05) is 24.8 Å². The molecule has 0 aliphatic heterocycles. The van der Waals surface area contributed by atoms with Gasteiger partial charge in [0.2, 0.25) is 0 Å². The monoisotopic (exact) mass is 259 g/mol. The molecule has 0 bridgehead atoms. The molecule has 0 aliphatic rings. The van der Waals surface area contributed by atoms with Gasteiger partial charge in [-0.3, -0.25) is 4.79 Å². The minimum absolute atomic E-state index is 0.0120. The molecular weight excluding hydrogens is 238 g/mol. The van der Waals surface area contributed by atoms with E-state index in [0.29, 0.717) is 12.2 Å². The molecule has 0 fully saturated rings. The van der Waals surface area contributed by atoms with E-state index in [1.165, 1.54) is 0 Å². The predicted molar refractivity (Wildman–Crippen MR) is 76.7 cm³/mol. The second-order valence-corrected chi connectivity index (χ2v) is 4.23. The van der Waals surface area contributed by atoms with Gasteiger partial charge in [-0.2, -0.15) is 0 Å². The Hall–Kier alpha value is -1.86. The summed E-state index contributed by atoms with van der Waals surface area (Å²) in [6.07, 6.45) is 3.52. The molecule has 1 amide bonds. The van der Waals surface area contributed by atoms with Crippen LogP contribution in [0.3, 0.4) is 0 Å². The third-order valence-electron chi connectivity index (χ3n) is 2.59. The van der Waals surface area contributed by atoms with Gasteiger partial charge in [-0.25, -0.2) is 4.98 Å². The maximum atomic E-state index is 12.3. The van der Waals surface area contributed by atoms with Crippen LogP contribution in [0.15, 0.2) is 18.3 Å². The number of nitrogens with two attached hydrogens (primary N) is 1. The first-order valence-electron chi connectivity index (χ1n) is 6.67. The van der Waals surface area contributed by atoms with E-state index in [9.17, 15) is 4.79 Å². The molecule has 0 saturated heterocycles. The fraction of sp³-hybridized carbons (Fsp3) is 0.467. The lowest BCUT2D eigenvalue weighted by atomic mass is 10.2. The molecule has 1 heterocycles. The summed E-state index contributed by atoms with van der Waals surface area (Å²) in [7, 11) is 0. The van der Waals surface area contributed by atoms with Crippen LogP contribution < -0.4 is 5.73 Å². The number of hydrogen-bond acceptors (Lipinski definition) is 3. The van der Waals surface area contributed by atoms with Gasteiger partial charge in [-0.1, -0.05) is 25.7 Å². The van der Waals surface area contributed by atoms with Crippen LogP contribution >= 0.6 is 0 Å². The highest BCUT2D eigenvalue weighted by Gasteiger charge is 2.14. The zero-order valence-corrected chi connectivity index (χ0v) is 11.6. The molecule has 4 heteroatoms. The van der Waals surface area contributed by atoms with Gasteiger partial charge in [0.25, 0.3) is 5.91 Å². The number of aromatic nitrogens is 1. The third-order valence-corrected chi connectivity index (χ3v) is 2.59. The molecule has 2 N–H and O–H groups in total. The molecule has 0 aliphatic carbocycles. The zero-order valence-electron chi connectivity index (χ0n) is 11.6. The molecule has 0 aromatic carbocycles. The highest BCUT2D eigenvalue weighted by molar-refractivity contribution is 5.92. The maximum absolute atomic E-state index is 12.3. The van der Waals surface area contributed by atoms with Crippen LogP contribution in [0.1, 0.15) is 42.7 Å². The number of nitrogens with zero attached hydrogens (tertiary/aromatic N) is 2. The number of carbonyl (C=O) groups is 1. The van der Waals surface area contributed by atoms with E-state index >= 15 is 0 Å². The third kappa shape index (κ3) is 4.72. The van der Waals surface area contributed by atoms with Gasteiger partial charge < -0.3 is 10.6 Å². The van der Waals surface area contributed by atoms with Crippen LogP contribution in [0.2, 0.25) is 0 Å². The van der Waals surface area contributed by atoms with E-state index in [-0.39, 0.29) is 5.91 Å². The molecule has 0 radical (unpaired) electrons. The summed E-state index contributed by atoms with van der Waals surface area (Å²) in [6, 6.07) is 3.53. The number of carbonyl (C=O) groups excluding carboxylic acids is 1. The Morgan fingerprint density at radius 3 is 2.47 bits per heavy atom. The summed E-state index contributed by atoms with van der Waals surface area (Å²) in [4.78, 5) is 18.3. The Balaban J connectivity index is 2.80. The molecule has 0 unspecified atom stereocenters. The summed E-state index contributed by atoms with van der Waals surface area (Å²) in [5.74, 6) is 5.63. The SMILES string of the molecule is CCCN(CCC)C(=O)c1ccc(C#CCN)cn1. The summed E-state index contributed by atoms with van der Waals surface area (Å²) in [5, 5.41) is 0. The average molecular weight is 259 g/mol. The van der Waals surface area contributed by atoms with E-state index < -0.39 is 0 Å². The van der Waals surface area contributed by atoms with Crippen molar-refractivity contribution in [1.82, 2.24) is 9.88 Å². The molecule has 102 valence electrons. The molecule has 0 saturated carbocycles. The Morgan fingerprint density at radius 1 is 1.32 bits per heavy atom. The van der Waals surface area contributed by atoms with Gasteiger partial charge in [-0.05, 0) is 25.0 Å². The van der Waals surface area contributed by atoms with Gasteiger partial charge >= 0.3 is 0 Å². The van der Waals surface area contributed by atoms with Crippen molar-refractivity contribution in [2.45, 2.75) is 26.7 Å². The van der Waals surface area contributed by atoms with Gasteiger partial charge in [0.05, 0.1) is 6.54 Å². The second-order valence-electron chi connectivity index (χ2n) is 4.23. The van der Waals surface area contributed by atoms with Crippen molar-refractivity contribution in [2.75, 3.05) is 19.6 Å². The summed E-state index contributed by atoms with van der Waals surface area (Å²) >= 11 is 0. The molecule has 1 aromatic rings. The summed E-state index contributed by atoms with van der Waals surface area (Å²) < 4.78 is 0. The Bertz CT molecular complexity index is 451. The molecule has 19 heavy (non-hydrogen) atoms. The van der Waals surface area contributed by atoms with Crippen LogP contribution in [-0.2, 0) is 0 Å². The minimum Gasteiger partial charge on any atom is -0.337 e. The number of hydrogen-bond donors (Lipinski definition) is 1. The van der Waals surface area contributed by atoms with Crippen LogP contribution in [-0.4, -0.2) is 35.4 Å². The van der Waals surface area contributed by atoms with Crippen LogP contribution in [0.25, 0.3) is 0 Å². The molecular formula is C15H21N3O. The molecule has 4 nitrogen and oxygen atoms in total. The lowest BCUT2D eigenvalue weighted by molar-refractivity contribution is 0.0749. The minimum atomic E-state index is -0.0120. The lowest BCUT2D eigenvalue weighted by Gasteiger charge is -2.20. The van der Waals surface area contributed by atoms with Crippen LogP contribution in [0.4, 0.5) is 0 Å². The van der Waals surface area contributed by atoms with Gasteiger partial charge in [0.1, 0.15) is 5.69 Å². The Labute approximate surface area is 115 Å². The smallest absolute Gasteiger partial charge is 0.272 e. The van der Waals surface area contributed by atoms with E-state index in [2.05, 4.69) is 30.7 Å². The first kappa shape index (κ1) is 15.2. The van der Waals surface area contributed by atoms with Crippen molar-refractivity contribution < 1.29 is 4.79 Å². The molecule has 0 spiro atoms. The van der Waals surface area contributed by atoms with Crippen molar-refractivity contribution in [3.8, 4) is 11.8 Å². The van der Waals surface area contributed by atoms with E-state index in [4.69, 9.17) is 5.73 Å². The van der Waals surface area contributed by atoms with Crippen molar-refractivity contribution in [3.63, 3.8) is 0 Å². The molecule has 1 aromatic heterocycles. The van der Waals surface area contributed by atoms with Crippen molar-refractivity contribution in [3.05, 3.63) is 29.6 Å². The van der Waals surface area contributed by atoms with Crippen molar-refractivity contribution >= 4 is 5.91 Å². The second kappa shape index (κ2) is 8.28. The van der Waals surface area contributed by atoms with E-state index in [1.54, 1.807) is 18.3 Å². The summed E-state index contributed by atoms with van der Waals surface area (Å²) in [5.41, 5.74) is 6.56. The highest BCUT2D eigenvalue weighted by Crippen LogP contribution is 2.05. The largest absolute Gasteiger partial charge is 0.337 e. The number of amides is 1. The van der Waals surface area contributed by atoms with Crippen molar-refractivity contribution in [2.24, 2.45) is 5.73 Å². The molecule has 0 atom stereocenters. The standard InChI is InChI=1S/C15H21N3O/c1-3-10-18(11-4-2)15(19)14-8-7-13(12-17-14)6-5-9-16/h7-8,12H,3-4,9-11,16H2,1-2H3. The van der Waals surface area contributed by atoms with Gasteiger partial charge in [-0.15, -0.1) is 0 Å². The maximum Gasteiger partial charge on any atom is 0.272 e. The molecule has 1 rings (SSSR count).